The van der Waals surface area contributed by atoms with Gasteiger partial charge in [0.15, 0.2) is 0 Å². The van der Waals surface area contributed by atoms with E-state index in [9.17, 15) is 13.2 Å². The molecule has 116 valence electrons. The number of rotatable bonds is 4. The molecule has 21 heavy (non-hydrogen) atoms. The Morgan fingerprint density at radius 2 is 1.95 bits per heavy atom. The average Bonchev–Trinajstić information content (AvgIpc) is 2.47. The van der Waals surface area contributed by atoms with Gasteiger partial charge in [0.1, 0.15) is 0 Å². The number of sulfonamides is 1. The van der Waals surface area contributed by atoms with Gasteiger partial charge in [0.05, 0.1) is 11.4 Å². The molecule has 1 aromatic rings. The maximum atomic E-state index is 12.0. The topological polar surface area (TPSA) is 66.5 Å². The van der Waals surface area contributed by atoms with E-state index in [1.54, 1.807) is 24.3 Å². The molecule has 2 rings (SSSR count). The second kappa shape index (κ2) is 6.47. The molecule has 1 N–H and O–H groups in total. The summed E-state index contributed by atoms with van der Waals surface area (Å²) in [7, 11) is -3.20. The zero-order chi connectivity index (χ0) is 15.5. The molecule has 1 amide bonds. The predicted octanol–water partition coefficient (Wildman–Crippen LogP) is 2.14. The third kappa shape index (κ3) is 3.75. The van der Waals surface area contributed by atoms with Gasteiger partial charge in [-0.1, -0.05) is 6.92 Å². The second-order valence-electron chi connectivity index (χ2n) is 5.42. The van der Waals surface area contributed by atoms with Crippen molar-refractivity contribution in [3.63, 3.8) is 0 Å². The molecule has 1 aromatic carbocycles. The van der Waals surface area contributed by atoms with Crippen LogP contribution in [0, 0.1) is 0 Å². The molecule has 0 aliphatic carbocycles. The molecule has 1 fully saturated rings. The smallest absolute Gasteiger partial charge is 0.251 e. The van der Waals surface area contributed by atoms with Gasteiger partial charge in [0, 0.05) is 18.2 Å². The van der Waals surface area contributed by atoms with Crippen molar-refractivity contribution in [2.24, 2.45) is 0 Å². The first-order chi connectivity index (χ1) is 9.94. The summed E-state index contributed by atoms with van der Waals surface area (Å²) >= 11 is 0. The number of hydrogen-bond acceptors (Lipinski definition) is 3. The van der Waals surface area contributed by atoms with Crippen LogP contribution in [0.15, 0.2) is 24.3 Å². The summed E-state index contributed by atoms with van der Waals surface area (Å²) in [5.74, 6) is 0.0703. The zero-order valence-electron chi connectivity index (χ0n) is 12.5. The van der Waals surface area contributed by atoms with E-state index < -0.39 is 10.0 Å². The lowest BCUT2D eigenvalue weighted by molar-refractivity contribution is 0.0939. The van der Waals surface area contributed by atoms with Crippen molar-refractivity contribution in [1.29, 1.82) is 0 Å². The largest absolute Gasteiger partial charge is 0.350 e. The fraction of sp³-hybridized carbons (Fsp3) is 0.533. The Morgan fingerprint density at radius 1 is 1.29 bits per heavy atom. The van der Waals surface area contributed by atoms with E-state index in [0.29, 0.717) is 24.2 Å². The Morgan fingerprint density at radius 3 is 2.52 bits per heavy atom. The minimum Gasteiger partial charge on any atom is -0.350 e. The van der Waals surface area contributed by atoms with Gasteiger partial charge in [-0.25, -0.2) is 8.42 Å². The van der Waals surface area contributed by atoms with Crippen LogP contribution < -0.4 is 9.62 Å². The van der Waals surface area contributed by atoms with E-state index in [1.807, 2.05) is 13.8 Å². The number of hydrogen-bond donors (Lipinski definition) is 1. The molecule has 0 bridgehead atoms. The van der Waals surface area contributed by atoms with Crippen LogP contribution in [-0.4, -0.2) is 32.7 Å². The molecule has 1 heterocycles. The molecule has 1 atom stereocenters. The first-order valence-corrected chi connectivity index (χ1v) is 8.96. The molecule has 1 aliphatic rings. The monoisotopic (exact) mass is 310 g/mol. The molecule has 0 saturated carbocycles. The highest BCUT2D eigenvalue weighted by Crippen LogP contribution is 2.23. The molecule has 6 heteroatoms. The fourth-order valence-corrected chi connectivity index (χ4v) is 3.91. The fourth-order valence-electron chi connectivity index (χ4n) is 2.27. The van der Waals surface area contributed by atoms with E-state index in [2.05, 4.69) is 5.32 Å². The molecular weight excluding hydrogens is 288 g/mol. The number of carbonyl (C=O) groups is 1. The highest BCUT2D eigenvalue weighted by molar-refractivity contribution is 7.92. The standard InChI is InChI=1S/C15H22N2O3S/c1-3-12(2)16-15(18)13-6-8-14(9-7-13)17-10-4-5-11-21(17,19)20/h6-9,12H,3-5,10-11H2,1-2H3,(H,16,18)/t12-/m1/s1. The number of carbonyl (C=O) groups excluding carboxylic acids is 1. The van der Waals surface area contributed by atoms with Crippen molar-refractivity contribution >= 4 is 21.6 Å². The van der Waals surface area contributed by atoms with Crippen LogP contribution >= 0.6 is 0 Å². The van der Waals surface area contributed by atoms with Crippen LogP contribution in [0.1, 0.15) is 43.5 Å². The van der Waals surface area contributed by atoms with E-state index in [4.69, 9.17) is 0 Å². The van der Waals surface area contributed by atoms with Gasteiger partial charge in [-0.2, -0.15) is 0 Å². The Bertz CT molecular complexity index is 596. The van der Waals surface area contributed by atoms with Gasteiger partial charge >= 0.3 is 0 Å². The van der Waals surface area contributed by atoms with Gasteiger partial charge in [-0.3, -0.25) is 9.10 Å². The van der Waals surface area contributed by atoms with Crippen molar-refractivity contribution in [2.45, 2.75) is 39.2 Å². The van der Waals surface area contributed by atoms with Crippen LogP contribution in [-0.2, 0) is 10.0 Å². The molecule has 0 aromatic heterocycles. The summed E-state index contributed by atoms with van der Waals surface area (Å²) in [6.07, 6.45) is 2.46. The summed E-state index contributed by atoms with van der Waals surface area (Å²) < 4.78 is 25.5. The third-order valence-electron chi connectivity index (χ3n) is 3.76. The molecule has 0 radical (unpaired) electrons. The molecule has 0 unspecified atom stereocenters. The lowest BCUT2D eigenvalue weighted by atomic mass is 10.1. The lowest BCUT2D eigenvalue weighted by Crippen LogP contribution is -2.37. The summed E-state index contributed by atoms with van der Waals surface area (Å²) in [5, 5.41) is 2.89. The summed E-state index contributed by atoms with van der Waals surface area (Å²) in [5.41, 5.74) is 1.18. The van der Waals surface area contributed by atoms with Crippen LogP contribution in [0.2, 0.25) is 0 Å². The summed E-state index contributed by atoms with van der Waals surface area (Å²) in [6.45, 7) is 4.47. The SMILES string of the molecule is CC[C@@H](C)NC(=O)c1ccc(N2CCCCS2(=O)=O)cc1. The maximum Gasteiger partial charge on any atom is 0.251 e. The van der Waals surface area contributed by atoms with Gasteiger partial charge < -0.3 is 5.32 Å². The van der Waals surface area contributed by atoms with Gasteiger partial charge in [0.2, 0.25) is 10.0 Å². The quantitative estimate of drug-likeness (QED) is 0.926. The maximum absolute atomic E-state index is 12.0. The van der Waals surface area contributed by atoms with Crippen molar-refractivity contribution in [3.05, 3.63) is 29.8 Å². The minimum absolute atomic E-state index is 0.125. The number of amides is 1. The van der Waals surface area contributed by atoms with E-state index in [0.717, 1.165) is 12.8 Å². The van der Waals surface area contributed by atoms with Gasteiger partial charge in [0.25, 0.3) is 5.91 Å². The average molecular weight is 310 g/mol. The molecule has 0 spiro atoms. The Hall–Kier alpha value is -1.56. The van der Waals surface area contributed by atoms with Gasteiger partial charge in [-0.05, 0) is 50.5 Å². The van der Waals surface area contributed by atoms with Crippen molar-refractivity contribution in [3.8, 4) is 0 Å². The van der Waals surface area contributed by atoms with Crippen LogP contribution in [0.25, 0.3) is 0 Å². The van der Waals surface area contributed by atoms with Crippen molar-refractivity contribution < 1.29 is 13.2 Å². The van der Waals surface area contributed by atoms with Crippen molar-refractivity contribution in [2.75, 3.05) is 16.6 Å². The van der Waals surface area contributed by atoms with E-state index in [1.165, 1.54) is 4.31 Å². The number of nitrogens with one attached hydrogen (secondary N) is 1. The van der Waals surface area contributed by atoms with Crippen LogP contribution in [0.4, 0.5) is 5.69 Å². The Labute approximate surface area is 126 Å². The third-order valence-corrected chi connectivity index (χ3v) is 5.63. The summed E-state index contributed by atoms with van der Waals surface area (Å²) in [4.78, 5) is 12.0. The number of nitrogens with zero attached hydrogens (tertiary/aromatic N) is 1. The highest BCUT2D eigenvalue weighted by atomic mass is 32.2. The van der Waals surface area contributed by atoms with E-state index in [-0.39, 0.29) is 17.7 Å². The van der Waals surface area contributed by atoms with Crippen LogP contribution in [0.3, 0.4) is 0 Å². The summed E-state index contributed by atoms with van der Waals surface area (Å²) in [6, 6.07) is 6.89. The Balaban J connectivity index is 2.13. The van der Waals surface area contributed by atoms with E-state index >= 15 is 0 Å². The van der Waals surface area contributed by atoms with Crippen LogP contribution in [0.5, 0.6) is 0 Å². The highest BCUT2D eigenvalue weighted by Gasteiger charge is 2.25. The Kier molecular flexibility index (Phi) is 4.88. The first-order valence-electron chi connectivity index (χ1n) is 7.35. The second-order valence-corrected chi connectivity index (χ2v) is 7.44. The molecule has 5 nitrogen and oxygen atoms in total. The zero-order valence-corrected chi connectivity index (χ0v) is 13.3. The molecular formula is C15H22N2O3S. The normalized spacial score (nSPS) is 19.0. The lowest BCUT2D eigenvalue weighted by Gasteiger charge is -2.28. The predicted molar refractivity (Wildman–Crippen MR) is 84.0 cm³/mol. The molecule has 1 saturated heterocycles. The van der Waals surface area contributed by atoms with Crippen molar-refractivity contribution in [1.82, 2.24) is 5.32 Å². The van der Waals surface area contributed by atoms with Gasteiger partial charge in [-0.15, -0.1) is 0 Å². The number of anilines is 1. The minimum atomic E-state index is -3.20. The first kappa shape index (κ1) is 15.8. The number of benzene rings is 1. The molecule has 1 aliphatic heterocycles.